The third-order valence-electron chi connectivity index (χ3n) is 2.41. The molecule has 0 fully saturated rings. The first-order chi connectivity index (χ1) is 7.64. The molecule has 0 saturated carbocycles. The molecule has 16 heavy (non-hydrogen) atoms. The lowest BCUT2D eigenvalue weighted by Crippen LogP contribution is -2.20. The SMILES string of the molecule is C=CCS(=O)(=O)CCCCN1C=CC=CC1. The molecule has 1 aliphatic heterocycles. The normalized spacial score (nSPS) is 15.4. The topological polar surface area (TPSA) is 37.4 Å². The number of hydrogen-bond acceptors (Lipinski definition) is 3. The Morgan fingerprint density at radius 3 is 2.75 bits per heavy atom. The van der Waals surface area contributed by atoms with Crippen molar-refractivity contribution in [1.29, 1.82) is 0 Å². The summed E-state index contributed by atoms with van der Waals surface area (Å²) < 4.78 is 22.7. The molecule has 0 amide bonds. The summed E-state index contributed by atoms with van der Waals surface area (Å²) in [5.41, 5.74) is 0. The van der Waals surface area contributed by atoms with Gasteiger partial charge in [0.05, 0.1) is 11.5 Å². The highest BCUT2D eigenvalue weighted by Crippen LogP contribution is 2.03. The van der Waals surface area contributed by atoms with Crippen LogP contribution in [-0.2, 0) is 9.84 Å². The average Bonchev–Trinajstić information content (AvgIpc) is 2.26. The number of nitrogens with zero attached hydrogens (tertiary/aromatic N) is 1. The fourth-order valence-corrected chi connectivity index (χ4v) is 2.74. The van der Waals surface area contributed by atoms with Gasteiger partial charge in [-0.05, 0) is 25.1 Å². The van der Waals surface area contributed by atoms with E-state index in [0.717, 1.165) is 25.9 Å². The van der Waals surface area contributed by atoms with Gasteiger partial charge in [0, 0.05) is 13.1 Å². The zero-order valence-electron chi connectivity index (χ0n) is 9.51. The van der Waals surface area contributed by atoms with E-state index in [-0.39, 0.29) is 11.5 Å². The van der Waals surface area contributed by atoms with Gasteiger partial charge >= 0.3 is 0 Å². The van der Waals surface area contributed by atoms with E-state index in [1.807, 2.05) is 18.4 Å². The summed E-state index contributed by atoms with van der Waals surface area (Å²) >= 11 is 0. The number of sulfone groups is 1. The van der Waals surface area contributed by atoms with Crippen molar-refractivity contribution >= 4 is 9.84 Å². The molecule has 0 bridgehead atoms. The van der Waals surface area contributed by atoms with Crippen LogP contribution >= 0.6 is 0 Å². The molecule has 0 N–H and O–H groups in total. The van der Waals surface area contributed by atoms with E-state index in [0.29, 0.717) is 0 Å². The molecule has 1 heterocycles. The maximum atomic E-state index is 11.4. The molecule has 1 aliphatic rings. The molecule has 0 aromatic rings. The van der Waals surface area contributed by atoms with Crippen molar-refractivity contribution in [1.82, 2.24) is 4.90 Å². The molecule has 1 rings (SSSR count). The van der Waals surface area contributed by atoms with Gasteiger partial charge in [0.1, 0.15) is 0 Å². The summed E-state index contributed by atoms with van der Waals surface area (Å²) in [6.07, 6.45) is 11.2. The standard InChI is InChI=1S/C12H19NO2S/c1-2-11-16(14,15)12-7-6-10-13-8-4-3-5-9-13/h2-5,8H,1,6-7,9-12H2. The Morgan fingerprint density at radius 2 is 2.12 bits per heavy atom. The second-order valence-corrected chi connectivity index (χ2v) is 6.10. The fourth-order valence-electron chi connectivity index (χ4n) is 1.57. The first-order valence-electron chi connectivity index (χ1n) is 5.53. The zero-order valence-corrected chi connectivity index (χ0v) is 10.3. The molecule has 0 aliphatic carbocycles. The molecular formula is C12H19NO2S. The molecule has 0 atom stereocenters. The number of unbranched alkanes of at least 4 members (excludes halogenated alkanes) is 1. The van der Waals surface area contributed by atoms with E-state index in [9.17, 15) is 8.42 Å². The quantitative estimate of drug-likeness (QED) is 0.503. The van der Waals surface area contributed by atoms with E-state index in [2.05, 4.69) is 17.6 Å². The highest BCUT2D eigenvalue weighted by atomic mass is 32.2. The van der Waals surface area contributed by atoms with Crippen molar-refractivity contribution in [3.05, 3.63) is 37.1 Å². The van der Waals surface area contributed by atoms with Crippen LogP contribution in [0.3, 0.4) is 0 Å². The van der Waals surface area contributed by atoms with Crippen molar-refractivity contribution in [3.8, 4) is 0 Å². The smallest absolute Gasteiger partial charge is 0.153 e. The molecule has 4 heteroatoms. The van der Waals surface area contributed by atoms with Gasteiger partial charge in [-0.1, -0.05) is 18.2 Å². The summed E-state index contributed by atoms with van der Waals surface area (Å²) in [7, 11) is -2.90. The van der Waals surface area contributed by atoms with E-state index < -0.39 is 9.84 Å². The van der Waals surface area contributed by atoms with Gasteiger partial charge in [-0.15, -0.1) is 6.58 Å². The second kappa shape index (κ2) is 6.53. The molecule has 3 nitrogen and oxygen atoms in total. The Morgan fingerprint density at radius 1 is 1.31 bits per heavy atom. The van der Waals surface area contributed by atoms with Crippen LogP contribution in [0, 0.1) is 0 Å². The monoisotopic (exact) mass is 241 g/mol. The summed E-state index contributed by atoms with van der Waals surface area (Å²) in [4.78, 5) is 2.18. The van der Waals surface area contributed by atoms with Crippen LogP contribution in [0.4, 0.5) is 0 Å². The first kappa shape index (κ1) is 13.0. The third-order valence-corrected chi connectivity index (χ3v) is 4.06. The van der Waals surface area contributed by atoms with E-state index in [1.54, 1.807) is 0 Å². The molecular weight excluding hydrogens is 222 g/mol. The summed E-state index contributed by atoms with van der Waals surface area (Å²) in [6, 6.07) is 0. The van der Waals surface area contributed by atoms with Crippen LogP contribution < -0.4 is 0 Å². The van der Waals surface area contributed by atoms with Crippen molar-refractivity contribution in [2.75, 3.05) is 24.6 Å². The zero-order chi connectivity index (χ0) is 11.9. The van der Waals surface area contributed by atoms with Crippen LogP contribution in [0.5, 0.6) is 0 Å². The Kier molecular flexibility index (Phi) is 5.32. The van der Waals surface area contributed by atoms with Crippen molar-refractivity contribution in [2.45, 2.75) is 12.8 Å². The van der Waals surface area contributed by atoms with Crippen LogP contribution in [-0.4, -0.2) is 37.9 Å². The Balaban J connectivity index is 2.14. The molecule has 0 aromatic carbocycles. The second-order valence-electron chi connectivity index (χ2n) is 3.87. The van der Waals surface area contributed by atoms with Crippen LogP contribution in [0.25, 0.3) is 0 Å². The molecule has 0 spiro atoms. The first-order valence-corrected chi connectivity index (χ1v) is 7.35. The van der Waals surface area contributed by atoms with Crippen LogP contribution in [0.15, 0.2) is 37.1 Å². The Hall–Kier alpha value is -1.03. The lowest BCUT2D eigenvalue weighted by molar-refractivity contribution is 0.401. The molecule has 0 radical (unpaired) electrons. The van der Waals surface area contributed by atoms with Crippen molar-refractivity contribution in [3.63, 3.8) is 0 Å². The summed E-state index contributed by atoms with van der Waals surface area (Å²) in [5.74, 6) is 0.367. The van der Waals surface area contributed by atoms with Gasteiger partial charge in [-0.25, -0.2) is 8.42 Å². The maximum absolute atomic E-state index is 11.4. The van der Waals surface area contributed by atoms with E-state index in [4.69, 9.17) is 0 Å². The molecule has 0 unspecified atom stereocenters. The third kappa shape index (κ3) is 5.16. The predicted molar refractivity (Wildman–Crippen MR) is 67.9 cm³/mol. The number of rotatable bonds is 7. The van der Waals surface area contributed by atoms with Crippen molar-refractivity contribution < 1.29 is 8.42 Å². The fraction of sp³-hybridized carbons (Fsp3) is 0.500. The van der Waals surface area contributed by atoms with Gasteiger partial charge in [0.25, 0.3) is 0 Å². The largest absolute Gasteiger partial charge is 0.374 e. The highest BCUT2D eigenvalue weighted by molar-refractivity contribution is 7.91. The van der Waals surface area contributed by atoms with Crippen LogP contribution in [0.2, 0.25) is 0 Å². The van der Waals surface area contributed by atoms with E-state index >= 15 is 0 Å². The van der Waals surface area contributed by atoms with Gasteiger partial charge in [0.2, 0.25) is 0 Å². The summed E-state index contributed by atoms with van der Waals surface area (Å²) in [5, 5.41) is 0. The van der Waals surface area contributed by atoms with Crippen molar-refractivity contribution in [2.24, 2.45) is 0 Å². The minimum atomic E-state index is -2.90. The Labute approximate surface area is 98.1 Å². The molecule has 0 saturated heterocycles. The minimum absolute atomic E-state index is 0.0966. The maximum Gasteiger partial charge on any atom is 0.153 e. The minimum Gasteiger partial charge on any atom is -0.374 e. The lowest BCUT2D eigenvalue weighted by atomic mass is 10.3. The average molecular weight is 241 g/mol. The van der Waals surface area contributed by atoms with E-state index in [1.165, 1.54) is 6.08 Å². The van der Waals surface area contributed by atoms with Gasteiger partial charge in [0.15, 0.2) is 9.84 Å². The molecule has 0 aromatic heterocycles. The van der Waals surface area contributed by atoms with Gasteiger partial charge in [-0.2, -0.15) is 0 Å². The lowest BCUT2D eigenvalue weighted by Gasteiger charge is -2.20. The van der Waals surface area contributed by atoms with Gasteiger partial charge in [-0.3, -0.25) is 0 Å². The Bertz CT molecular complexity index is 368. The summed E-state index contributed by atoms with van der Waals surface area (Å²) in [6.45, 7) is 5.29. The molecule has 90 valence electrons. The highest BCUT2D eigenvalue weighted by Gasteiger charge is 2.08. The predicted octanol–water partition coefficient (Wildman–Crippen LogP) is 1.75. The number of allylic oxidation sites excluding steroid dienone is 2. The van der Waals surface area contributed by atoms with Crippen LogP contribution in [0.1, 0.15) is 12.8 Å². The number of hydrogen-bond donors (Lipinski definition) is 0. The van der Waals surface area contributed by atoms with Gasteiger partial charge < -0.3 is 4.90 Å².